The Morgan fingerprint density at radius 3 is 2.46 bits per heavy atom. The first-order valence-electron chi connectivity index (χ1n) is 3.35. The summed E-state index contributed by atoms with van der Waals surface area (Å²) in [6.07, 6.45) is -4.44. The Kier molecular flexibility index (Phi) is 2.84. The molecule has 0 aliphatic carbocycles. The van der Waals surface area contributed by atoms with E-state index in [1.165, 1.54) is 7.05 Å². The minimum atomic E-state index is -4.44. The molecule has 1 rings (SSSR count). The Labute approximate surface area is 77.3 Å². The lowest BCUT2D eigenvalue weighted by Gasteiger charge is -2.05. The van der Waals surface area contributed by atoms with Crippen LogP contribution in [0.1, 0.15) is 5.82 Å². The monoisotopic (exact) mass is 210 g/mol. The topological polar surface area (TPSA) is 30.7 Å². The molecule has 0 bridgehead atoms. The van der Waals surface area contributed by atoms with Crippen LogP contribution >= 0.6 is 11.8 Å². The Bertz CT molecular complexity index is 294. The fraction of sp³-hybridized carbons (Fsp3) is 0.500. The molecule has 0 unspecified atom stereocenters. The molecule has 0 fully saturated rings. The summed E-state index contributed by atoms with van der Waals surface area (Å²) in [4.78, 5) is 0. The molecule has 7 heteroatoms. The minimum absolute atomic E-state index is 0.224. The van der Waals surface area contributed by atoms with Crippen molar-refractivity contribution in [3.8, 4) is 0 Å². The maximum Gasteiger partial charge on any atom is 0.451 e. The van der Waals surface area contributed by atoms with Crippen LogP contribution in [-0.4, -0.2) is 20.5 Å². The molecule has 0 aliphatic heterocycles. The maximum atomic E-state index is 12.2. The molecule has 73 valence electrons. The summed E-state index contributed by atoms with van der Waals surface area (Å²) in [5.74, 6) is -0.562. The van der Waals surface area contributed by atoms with Gasteiger partial charge in [0.1, 0.15) is 0 Å². The maximum absolute atomic E-state index is 12.2. The molecule has 13 heavy (non-hydrogen) atoms. The number of alkyl halides is 3. The van der Waals surface area contributed by atoms with Crippen molar-refractivity contribution < 1.29 is 13.2 Å². The molecule has 0 saturated carbocycles. The molecule has 0 spiro atoms. The van der Waals surface area contributed by atoms with Crippen molar-refractivity contribution in [1.82, 2.24) is 14.8 Å². The highest BCUT2D eigenvalue weighted by Gasteiger charge is 2.37. The van der Waals surface area contributed by atoms with Gasteiger partial charge in [-0.05, 0) is 6.92 Å². The zero-order valence-electron chi connectivity index (χ0n) is 6.80. The first-order valence-corrected chi connectivity index (χ1v) is 4.34. The Hall–Kier alpha value is -0.720. The number of hydrogen-bond donors (Lipinski definition) is 0. The van der Waals surface area contributed by atoms with E-state index < -0.39 is 12.0 Å². The van der Waals surface area contributed by atoms with E-state index in [0.717, 1.165) is 16.3 Å². The highest BCUT2D eigenvalue weighted by Crippen LogP contribution is 2.29. The Morgan fingerprint density at radius 1 is 1.46 bits per heavy atom. The van der Waals surface area contributed by atoms with Gasteiger partial charge in [-0.2, -0.15) is 13.2 Å². The van der Waals surface area contributed by atoms with Crippen LogP contribution in [0.25, 0.3) is 0 Å². The third kappa shape index (κ3) is 2.15. The van der Waals surface area contributed by atoms with Gasteiger partial charge in [-0.25, -0.2) is 0 Å². The highest BCUT2D eigenvalue weighted by molar-refractivity contribution is 7.99. The minimum Gasteiger partial charge on any atom is -0.302 e. The van der Waals surface area contributed by atoms with Gasteiger partial charge in [0, 0.05) is 12.8 Å². The summed E-state index contributed by atoms with van der Waals surface area (Å²) >= 11 is 1.12. The first kappa shape index (κ1) is 10.4. The van der Waals surface area contributed by atoms with E-state index in [-0.39, 0.29) is 5.16 Å². The quantitative estimate of drug-likeness (QED) is 0.697. The van der Waals surface area contributed by atoms with Crippen molar-refractivity contribution in [1.29, 1.82) is 0 Å². The van der Waals surface area contributed by atoms with E-state index in [2.05, 4.69) is 17.1 Å². The zero-order valence-corrected chi connectivity index (χ0v) is 7.61. The second-order valence-electron chi connectivity index (χ2n) is 2.21. The fourth-order valence-corrected chi connectivity index (χ4v) is 1.34. The van der Waals surface area contributed by atoms with Crippen LogP contribution in [0.3, 0.4) is 0 Å². The Morgan fingerprint density at radius 2 is 2.08 bits per heavy atom. The van der Waals surface area contributed by atoms with Gasteiger partial charge >= 0.3 is 6.18 Å². The van der Waals surface area contributed by atoms with Crippen LogP contribution in [0.4, 0.5) is 13.2 Å². The highest BCUT2D eigenvalue weighted by atomic mass is 32.2. The van der Waals surface area contributed by atoms with Crippen LogP contribution in [0.15, 0.2) is 5.16 Å². The van der Waals surface area contributed by atoms with Crippen molar-refractivity contribution in [2.24, 2.45) is 7.05 Å². The van der Waals surface area contributed by atoms with Crippen molar-refractivity contribution in [3.05, 3.63) is 12.7 Å². The smallest absolute Gasteiger partial charge is 0.302 e. The summed E-state index contributed by atoms with van der Waals surface area (Å²) in [6, 6.07) is 0. The molecule has 0 aromatic carbocycles. The van der Waals surface area contributed by atoms with E-state index in [4.69, 9.17) is 0 Å². The molecule has 0 atom stereocenters. The van der Waals surface area contributed by atoms with Gasteiger partial charge in [0.25, 0.3) is 0 Å². The SMILES string of the molecule is [CH2]CSc1nnc(C(F)(F)F)n1C. The lowest BCUT2D eigenvalue weighted by molar-refractivity contribution is -0.147. The van der Waals surface area contributed by atoms with Crippen molar-refractivity contribution >= 4 is 11.8 Å². The number of rotatable bonds is 2. The molecule has 1 radical (unpaired) electrons. The zero-order chi connectivity index (χ0) is 10.1. The van der Waals surface area contributed by atoms with Crippen LogP contribution in [-0.2, 0) is 13.2 Å². The second-order valence-corrected chi connectivity index (χ2v) is 3.27. The summed E-state index contributed by atoms with van der Waals surface area (Å²) in [5, 5.41) is 6.66. The van der Waals surface area contributed by atoms with Gasteiger partial charge in [-0.1, -0.05) is 11.8 Å². The largest absolute Gasteiger partial charge is 0.451 e. The fourth-order valence-electron chi connectivity index (χ4n) is 0.779. The molecular weight excluding hydrogens is 203 g/mol. The van der Waals surface area contributed by atoms with Gasteiger partial charge < -0.3 is 4.57 Å². The molecule has 0 aliphatic rings. The van der Waals surface area contributed by atoms with Crippen molar-refractivity contribution in [3.63, 3.8) is 0 Å². The molecule has 0 N–H and O–H groups in total. The van der Waals surface area contributed by atoms with E-state index in [0.29, 0.717) is 5.75 Å². The lowest BCUT2D eigenvalue weighted by Crippen LogP contribution is -2.12. The predicted octanol–water partition coefficient (Wildman–Crippen LogP) is 1.76. The van der Waals surface area contributed by atoms with Gasteiger partial charge in [-0.15, -0.1) is 10.2 Å². The van der Waals surface area contributed by atoms with Gasteiger partial charge in [-0.3, -0.25) is 0 Å². The molecule has 1 heterocycles. The molecule has 1 aromatic heterocycles. The van der Waals surface area contributed by atoms with E-state index in [1.807, 2.05) is 0 Å². The van der Waals surface area contributed by atoms with E-state index >= 15 is 0 Å². The lowest BCUT2D eigenvalue weighted by atomic mass is 10.6. The average molecular weight is 210 g/mol. The molecule has 0 amide bonds. The van der Waals surface area contributed by atoms with Gasteiger partial charge in [0.2, 0.25) is 5.82 Å². The molecule has 1 aromatic rings. The third-order valence-corrected chi connectivity index (χ3v) is 2.14. The van der Waals surface area contributed by atoms with Crippen molar-refractivity contribution in [2.45, 2.75) is 11.3 Å². The van der Waals surface area contributed by atoms with Crippen molar-refractivity contribution in [2.75, 3.05) is 5.75 Å². The number of halogens is 3. The summed E-state index contributed by atoms with van der Waals surface area (Å²) in [7, 11) is 1.28. The molecule has 0 saturated heterocycles. The van der Waals surface area contributed by atoms with Gasteiger partial charge in [0.05, 0.1) is 0 Å². The normalized spacial score (nSPS) is 12.1. The van der Waals surface area contributed by atoms with Crippen LogP contribution in [0, 0.1) is 6.92 Å². The predicted molar refractivity (Wildman–Crippen MR) is 42.1 cm³/mol. The van der Waals surface area contributed by atoms with E-state index in [1.54, 1.807) is 0 Å². The van der Waals surface area contributed by atoms with Crippen LogP contribution in [0.2, 0.25) is 0 Å². The molecule has 3 nitrogen and oxygen atoms in total. The number of hydrogen-bond acceptors (Lipinski definition) is 3. The van der Waals surface area contributed by atoms with Crippen LogP contribution in [0.5, 0.6) is 0 Å². The van der Waals surface area contributed by atoms with Gasteiger partial charge in [0.15, 0.2) is 5.16 Å². The molecular formula is C6H7F3N3S. The summed E-state index contributed by atoms with van der Waals surface area (Å²) in [5.41, 5.74) is 0. The number of nitrogens with zero attached hydrogens (tertiary/aromatic N) is 3. The van der Waals surface area contributed by atoms with E-state index in [9.17, 15) is 13.2 Å². The standard InChI is InChI=1S/C6H7F3N3S/c1-3-13-5-11-10-4(12(5)2)6(7,8)9/h1,3H2,2H3. The average Bonchev–Trinajstić information content (AvgIpc) is 2.32. The summed E-state index contributed by atoms with van der Waals surface area (Å²) in [6.45, 7) is 3.49. The second kappa shape index (κ2) is 3.57. The number of thioether (sulfide) groups is 1. The third-order valence-electron chi connectivity index (χ3n) is 1.32. The van der Waals surface area contributed by atoms with Crippen LogP contribution < -0.4 is 0 Å². The Balaban J connectivity index is 2.99. The first-order chi connectivity index (χ1) is 5.96. The summed E-state index contributed by atoms with van der Waals surface area (Å²) < 4.78 is 37.4. The number of aromatic nitrogens is 3.